The fourth-order valence-corrected chi connectivity index (χ4v) is 3.52. The molecule has 128 valence electrons. The van der Waals surface area contributed by atoms with Crippen molar-refractivity contribution < 1.29 is 0 Å². The number of benzene rings is 1. The molecule has 0 radical (unpaired) electrons. The molecule has 25 heavy (non-hydrogen) atoms. The van der Waals surface area contributed by atoms with Crippen LogP contribution in [-0.4, -0.2) is 31.0 Å². The first kappa shape index (κ1) is 16.1. The maximum atomic E-state index is 4.51. The second kappa shape index (κ2) is 6.48. The summed E-state index contributed by atoms with van der Waals surface area (Å²) in [5, 5.41) is 8.72. The summed E-state index contributed by atoms with van der Waals surface area (Å²) in [6.45, 7) is 5.07. The van der Waals surface area contributed by atoms with Gasteiger partial charge in [0.15, 0.2) is 5.08 Å². The minimum atomic E-state index is -0.125. The molecule has 0 saturated carbocycles. The highest BCUT2D eigenvalue weighted by molar-refractivity contribution is 9.09. The monoisotopic (exact) mass is 398 g/mol. The fraction of sp³-hybridized carbons (Fsp3) is 0.278. The standard InChI is InChI=1S/C18H19BrN6/c1-13(2)15-10-22-25-12-20-18(19)23(17(15)25)11-14-6-3-4-7-16(14)24-9-5-8-21-24/h3-10,12-13,18H,11H2,1-2H3. The molecule has 1 aromatic carbocycles. The molecule has 3 aromatic rings. The minimum absolute atomic E-state index is 0.125. The van der Waals surface area contributed by atoms with Gasteiger partial charge in [0.25, 0.3) is 0 Å². The van der Waals surface area contributed by atoms with Crippen LogP contribution in [0.3, 0.4) is 0 Å². The first-order valence-corrected chi connectivity index (χ1v) is 9.16. The second-order valence-corrected chi connectivity index (χ2v) is 7.12. The largest absolute Gasteiger partial charge is 0.321 e. The molecule has 4 rings (SSSR count). The molecular weight excluding hydrogens is 380 g/mol. The second-order valence-electron chi connectivity index (χ2n) is 6.31. The number of rotatable bonds is 4. The Labute approximate surface area is 154 Å². The molecule has 1 unspecified atom stereocenters. The highest BCUT2D eigenvalue weighted by Gasteiger charge is 2.27. The molecule has 1 aliphatic rings. The summed E-state index contributed by atoms with van der Waals surface area (Å²) in [4.78, 5) is 6.74. The van der Waals surface area contributed by atoms with Crippen LogP contribution in [-0.2, 0) is 6.54 Å². The predicted octanol–water partition coefficient (Wildman–Crippen LogP) is 3.77. The van der Waals surface area contributed by atoms with E-state index < -0.39 is 0 Å². The van der Waals surface area contributed by atoms with Crippen molar-refractivity contribution in [2.24, 2.45) is 4.99 Å². The molecule has 1 atom stereocenters. The first-order chi connectivity index (χ1) is 12.1. The third kappa shape index (κ3) is 2.89. The number of fused-ring (bicyclic) bond motifs is 1. The van der Waals surface area contributed by atoms with Crippen molar-refractivity contribution in [1.29, 1.82) is 0 Å². The van der Waals surface area contributed by atoms with Gasteiger partial charge in [-0.25, -0.2) is 14.4 Å². The summed E-state index contributed by atoms with van der Waals surface area (Å²) in [5.41, 5.74) is 3.46. The summed E-state index contributed by atoms with van der Waals surface area (Å²) in [5.74, 6) is 1.47. The van der Waals surface area contributed by atoms with Gasteiger partial charge in [0, 0.05) is 24.5 Å². The van der Waals surface area contributed by atoms with Crippen molar-refractivity contribution >= 4 is 28.1 Å². The molecule has 0 amide bonds. The molecule has 1 aliphatic heterocycles. The van der Waals surface area contributed by atoms with Crippen LogP contribution in [0, 0.1) is 0 Å². The highest BCUT2D eigenvalue weighted by atomic mass is 79.9. The lowest BCUT2D eigenvalue weighted by Crippen LogP contribution is -2.35. The van der Waals surface area contributed by atoms with E-state index in [1.165, 1.54) is 11.1 Å². The van der Waals surface area contributed by atoms with Crippen molar-refractivity contribution in [2.45, 2.75) is 31.4 Å². The highest BCUT2D eigenvalue weighted by Crippen LogP contribution is 2.34. The van der Waals surface area contributed by atoms with Crippen LogP contribution in [0.25, 0.3) is 5.69 Å². The van der Waals surface area contributed by atoms with E-state index in [9.17, 15) is 0 Å². The zero-order valence-corrected chi connectivity index (χ0v) is 15.7. The third-order valence-electron chi connectivity index (χ3n) is 4.33. The van der Waals surface area contributed by atoms with Crippen LogP contribution < -0.4 is 4.90 Å². The Hall–Kier alpha value is -2.41. The summed E-state index contributed by atoms with van der Waals surface area (Å²) in [6.07, 6.45) is 7.46. The van der Waals surface area contributed by atoms with E-state index in [1.807, 2.05) is 33.9 Å². The molecule has 6 nitrogen and oxygen atoms in total. The smallest absolute Gasteiger partial charge is 0.180 e. The van der Waals surface area contributed by atoms with Crippen molar-refractivity contribution in [3.63, 3.8) is 0 Å². The topological polar surface area (TPSA) is 51.2 Å². The molecule has 0 aliphatic carbocycles. The normalized spacial score (nSPS) is 16.5. The van der Waals surface area contributed by atoms with Gasteiger partial charge < -0.3 is 4.90 Å². The summed E-state index contributed by atoms with van der Waals surface area (Å²) >= 11 is 3.69. The van der Waals surface area contributed by atoms with E-state index in [2.05, 4.69) is 68.1 Å². The molecule has 2 aromatic heterocycles. The molecule has 0 N–H and O–H groups in total. The molecule has 3 heterocycles. The lowest BCUT2D eigenvalue weighted by Gasteiger charge is -2.32. The van der Waals surface area contributed by atoms with Crippen molar-refractivity contribution in [3.8, 4) is 5.69 Å². The number of alkyl halides is 1. The van der Waals surface area contributed by atoms with Crippen LogP contribution in [0.4, 0.5) is 5.82 Å². The number of halogens is 1. The lowest BCUT2D eigenvalue weighted by molar-refractivity contribution is 0.704. The van der Waals surface area contributed by atoms with Crippen molar-refractivity contribution in [1.82, 2.24) is 19.6 Å². The molecule has 0 spiro atoms. The molecule has 0 bridgehead atoms. The Morgan fingerprint density at radius 1 is 1.16 bits per heavy atom. The van der Waals surface area contributed by atoms with Gasteiger partial charge in [0.2, 0.25) is 0 Å². The average molecular weight is 399 g/mol. The first-order valence-electron chi connectivity index (χ1n) is 8.24. The zero-order chi connectivity index (χ0) is 17.4. The summed E-state index contributed by atoms with van der Waals surface area (Å²) in [6, 6.07) is 10.2. The van der Waals surface area contributed by atoms with Crippen molar-refractivity contribution in [2.75, 3.05) is 4.90 Å². The number of para-hydroxylation sites is 1. The average Bonchev–Trinajstić information content (AvgIpc) is 3.27. The Kier molecular flexibility index (Phi) is 4.17. The summed E-state index contributed by atoms with van der Waals surface area (Å²) in [7, 11) is 0. The Morgan fingerprint density at radius 2 is 2.00 bits per heavy atom. The number of anilines is 1. The van der Waals surface area contributed by atoms with Crippen LogP contribution >= 0.6 is 15.9 Å². The van der Waals surface area contributed by atoms with Crippen LogP contribution in [0.2, 0.25) is 0 Å². The number of aromatic nitrogens is 4. The predicted molar refractivity (Wildman–Crippen MR) is 103 cm³/mol. The SMILES string of the molecule is CC(C)c1cnn2c1N(Cc1ccccc1-n1cccn1)C(Br)N=C2. The minimum Gasteiger partial charge on any atom is -0.321 e. The van der Waals surface area contributed by atoms with Crippen LogP contribution in [0.5, 0.6) is 0 Å². The zero-order valence-electron chi connectivity index (χ0n) is 14.1. The van der Waals surface area contributed by atoms with Gasteiger partial charge in [-0.3, -0.25) is 0 Å². The molecule has 0 saturated heterocycles. The van der Waals surface area contributed by atoms with Crippen LogP contribution in [0.15, 0.2) is 53.9 Å². The van der Waals surface area contributed by atoms with E-state index >= 15 is 0 Å². The van der Waals surface area contributed by atoms with Crippen molar-refractivity contribution in [3.05, 3.63) is 60.0 Å². The van der Waals surface area contributed by atoms with Gasteiger partial charge in [-0.1, -0.05) is 32.0 Å². The maximum Gasteiger partial charge on any atom is 0.180 e. The Balaban J connectivity index is 1.75. The van der Waals surface area contributed by atoms with Gasteiger partial charge in [-0.2, -0.15) is 10.2 Å². The fourth-order valence-electron chi connectivity index (χ4n) is 3.07. The number of aliphatic imine (C=N–C) groups is 1. The van der Waals surface area contributed by atoms with E-state index in [4.69, 9.17) is 0 Å². The van der Waals surface area contributed by atoms with Crippen LogP contribution in [0.1, 0.15) is 30.9 Å². The van der Waals surface area contributed by atoms with E-state index in [0.717, 1.165) is 11.5 Å². The Morgan fingerprint density at radius 3 is 2.76 bits per heavy atom. The van der Waals surface area contributed by atoms with Gasteiger partial charge >= 0.3 is 0 Å². The summed E-state index contributed by atoms with van der Waals surface area (Å²) < 4.78 is 3.75. The molecular formula is C18H19BrN6. The molecule has 0 fully saturated rings. The quantitative estimate of drug-likeness (QED) is 0.496. The van der Waals surface area contributed by atoms with Gasteiger partial charge in [-0.15, -0.1) is 0 Å². The van der Waals surface area contributed by atoms with E-state index in [-0.39, 0.29) is 5.08 Å². The van der Waals surface area contributed by atoms with E-state index in [1.54, 1.807) is 12.5 Å². The molecule has 7 heteroatoms. The lowest BCUT2D eigenvalue weighted by atomic mass is 10.1. The maximum absolute atomic E-state index is 4.51. The Bertz CT molecular complexity index is 896. The number of nitrogens with zero attached hydrogens (tertiary/aromatic N) is 6. The van der Waals surface area contributed by atoms with Gasteiger partial charge in [-0.05, 0) is 39.5 Å². The number of hydrogen-bond acceptors (Lipinski definition) is 4. The number of hydrogen-bond donors (Lipinski definition) is 0. The van der Waals surface area contributed by atoms with Gasteiger partial charge in [0.05, 0.1) is 11.9 Å². The van der Waals surface area contributed by atoms with Gasteiger partial charge in [0.1, 0.15) is 12.2 Å². The third-order valence-corrected chi connectivity index (χ3v) is 5.06. The van der Waals surface area contributed by atoms with E-state index in [0.29, 0.717) is 12.5 Å².